The number of nitrogens with one attached hydrogen (secondary N) is 1. The van der Waals surface area contributed by atoms with E-state index >= 15 is 0 Å². The fraction of sp³-hybridized carbons (Fsp3) is 0.667. The molecule has 0 aromatic carbocycles. The van der Waals surface area contributed by atoms with E-state index in [9.17, 15) is 0 Å². The highest BCUT2D eigenvalue weighted by Crippen LogP contribution is 2.35. The zero-order valence-corrected chi connectivity index (χ0v) is 11.1. The van der Waals surface area contributed by atoms with Crippen molar-refractivity contribution in [1.82, 2.24) is 5.32 Å². The molecule has 0 bridgehead atoms. The van der Waals surface area contributed by atoms with E-state index < -0.39 is 0 Å². The third-order valence-electron chi connectivity index (χ3n) is 3.01. The van der Waals surface area contributed by atoms with Crippen molar-refractivity contribution in [3.63, 3.8) is 0 Å². The number of thiophene rings is 1. The molecule has 0 saturated carbocycles. The molecule has 1 N–H and O–H groups in total. The van der Waals surface area contributed by atoms with Gasteiger partial charge in [0.25, 0.3) is 0 Å². The molecule has 0 amide bonds. The molecule has 1 saturated heterocycles. The summed E-state index contributed by atoms with van der Waals surface area (Å²) in [4.78, 5) is 1.42. The smallest absolute Gasteiger partial charge is 0.0446 e. The minimum atomic E-state index is 0.556. The molecule has 84 valence electrons. The van der Waals surface area contributed by atoms with E-state index in [1.54, 1.807) is 0 Å². The molecule has 2 atom stereocenters. The molecule has 1 aliphatic rings. The lowest BCUT2D eigenvalue weighted by Crippen LogP contribution is -2.28. The second kappa shape index (κ2) is 5.37. The van der Waals surface area contributed by atoms with Gasteiger partial charge in [-0.1, -0.05) is 6.42 Å². The van der Waals surface area contributed by atoms with E-state index in [1.807, 2.05) is 11.3 Å². The van der Waals surface area contributed by atoms with Crippen LogP contribution in [-0.2, 0) is 0 Å². The van der Waals surface area contributed by atoms with Gasteiger partial charge in [-0.15, -0.1) is 11.3 Å². The van der Waals surface area contributed by atoms with Gasteiger partial charge in [-0.05, 0) is 49.6 Å². The lowest BCUT2D eigenvalue weighted by Gasteiger charge is -2.29. The van der Waals surface area contributed by atoms with Crippen molar-refractivity contribution < 1.29 is 0 Å². The average Bonchev–Trinajstić information content (AvgIpc) is 2.68. The van der Waals surface area contributed by atoms with Crippen LogP contribution in [0.3, 0.4) is 0 Å². The van der Waals surface area contributed by atoms with Gasteiger partial charge in [0, 0.05) is 16.2 Å². The zero-order valence-electron chi connectivity index (χ0n) is 9.45. The Kier molecular flexibility index (Phi) is 4.12. The van der Waals surface area contributed by atoms with Crippen LogP contribution in [-0.4, -0.2) is 18.1 Å². The highest BCUT2D eigenvalue weighted by molar-refractivity contribution is 8.00. The molecule has 1 aromatic heterocycles. The van der Waals surface area contributed by atoms with Gasteiger partial charge in [0.1, 0.15) is 0 Å². The normalized spacial score (nSPS) is 24.0. The molecular formula is C12H19NS2. The van der Waals surface area contributed by atoms with Crippen LogP contribution in [0.15, 0.2) is 11.4 Å². The predicted octanol–water partition coefficient (Wildman–Crippen LogP) is 3.60. The Morgan fingerprint density at radius 1 is 1.47 bits per heavy atom. The zero-order chi connectivity index (χ0) is 10.7. The van der Waals surface area contributed by atoms with Gasteiger partial charge in [0.05, 0.1) is 0 Å². The number of rotatable bonds is 3. The maximum Gasteiger partial charge on any atom is 0.0446 e. The molecule has 0 radical (unpaired) electrons. The fourth-order valence-corrected chi connectivity index (χ4v) is 4.46. The van der Waals surface area contributed by atoms with E-state index in [4.69, 9.17) is 0 Å². The third-order valence-corrected chi connectivity index (χ3v) is 5.35. The van der Waals surface area contributed by atoms with Crippen LogP contribution < -0.4 is 5.32 Å². The van der Waals surface area contributed by atoms with Crippen molar-refractivity contribution in [2.45, 2.75) is 37.5 Å². The first-order valence-electron chi connectivity index (χ1n) is 5.65. The van der Waals surface area contributed by atoms with Crippen molar-refractivity contribution in [2.24, 2.45) is 0 Å². The molecular weight excluding hydrogens is 222 g/mol. The maximum absolute atomic E-state index is 3.49. The number of hydrogen-bond donors (Lipinski definition) is 1. The lowest BCUT2D eigenvalue weighted by atomic mass is 10.0. The maximum atomic E-state index is 3.49. The van der Waals surface area contributed by atoms with E-state index in [1.165, 1.54) is 35.5 Å². The largest absolute Gasteiger partial charge is 0.312 e. The van der Waals surface area contributed by atoms with E-state index in [2.05, 4.69) is 42.5 Å². The first-order chi connectivity index (χ1) is 7.31. The second-order valence-electron chi connectivity index (χ2n) is 4.16. The SMILES string of the molecule is CNC(c1csc(C)c1)C1CCCCS1. The van der Waals surface area contributed by atoms with Crippen LogP contribution in [0.5, 0.6) is 0 Å². The van der Waals surface area contributed by atoms with Crippen LogP contribution in [0.25, 0.3) is 0 Å². The van der Waals surface area contributed by atoms with E-state index in [0.29, 0.717) is 6.04 Å². The van der Waals surface area contributed by atoms with Crippen LogP contribution >= 0.6 is 23.1 Å². The molecule has 0 spiro atoms. The van der Waals surface area contributed by atoms with Gasteiger partial charge >= 0.3 is 0 Å². The van der Waals surface area contributed by atoms with Gasteiger partial charge in [-0.25, -0.2) is 0 Å². The van der Waals surface area contributed by atoms with Crippen molar-refractivity contribution >= 4 is 23.1 Å². The molecule has 1 nitrogen and oxygen atoms in total. The van der Waals surface area contributed by atoms with Gasteiger partial charge in [-0.2, -0.15) is 11.8 Å². The Balaban J connectivity index is 2.08. The van der Waals surface area contributed by atoms with E-state index in [-0.39, 0.29) is 0 Å². The molecule has 2 unspecified atom stereocenters. The summed E-state index contributed by atoms with van der Waals surface area (Å²) in [5.74, 6) is 1.34. The molecule has 1 aromatic rings. The summed E-state index contributed by atoms with van der Waals surface area (Å²) >= 11 is 4.00. The molecule has 1 aliphatic heterocycles. The highest BCUT2D eigenvalue weighted by Gasteiger charge is 2.24. The summed E-state index contributed by atoms with van der Waals surface area (Å²) in [6.07, 6.45) is 4.17. The van der Waals surface area contributed by atoms with Gasteiger partial charge in [0.2, 0.25) is 0 Å². The van der Waals surface area contributed by atoms with Crippen molar-refractivity contribution in [3.05, 3.63) is 21.9 Å². The molecule has 1 fully saturated rings. The topological polar surface area (TPSA) is 12.0 Å². The molecule has 2 heterocycles. The first kappa shape index (κ1) is 11.5. The fourth-order valence-electron chi connectivity index (χ4n) is 2.22. The second-order valence-corrected chi connectivity index (χ2v) is 6.62. The van der Waals surface area contributed by atoms with Crippen molar-refractivity contribution in [1.29, 1.82) is 0 Å². The first-order valence-corrected chi connectivity index (χ1v) is 7.58. The third kappa shape index (κ3) is 2.77. The number of aryl methyl sites for hydroxylation is 1. The number of thioether (sulfide) groups is 1. The number of hydrogen-bond acceptors (Lipinski definition) is 3. The van der Waals surface area contributed by atoms with Gasteiger partial charge in [0.15, 0.2) is 0 Å². The van der Waals surface area contributed by atoms with Gasteiger partial charge in [-0.3, -0.25) is 0 Å². The minimum absolute atomic E-state index is 0.556. The van der Waals surface area contributed by atoms with Crippen LogP contribution in [0.4, 0.5) is 0 Å². The summed E-state index contributed by atoms with van der Waals surface area (Å²) in [7, 11) is 2.09. The standard InChI is InChI=1S/C12H19NS2/c1-9-7-10(8-15-9)12(13-2)11-5-3-4-6-14-11/h7-8,11-13H,3-6H2,1-2H3. The Morgan fingerprint density at radius 2 is 2.33 bits per heavy atom. The summed E-state index contributed by atoms with van der Waals surface area (Å²) in [6, 6.07) is 2.89. The van der Waals surface area contributed by atoms with Crippen molar-refractivity contribution in [2.75, 3.05) is 12.8 Å². The summed E-state index contributed by atoms with van der Waals surface area (Å²) in [5, 5.41) is 6.57. The Bertz CT molecular complexity index is 302. The Labute approximate surface area is 101 Å². The highest BCUT2D eigenvalue weighted by atomic mass is 32.2. The average molecular weight is 241 g/mol. The quantitative estimate of drug-likeness (QED) is 0.868. The molecule has 0 aliphatic carbocycles. The molecule has 3 heteroatoms. The monoisotopic (exact) mass is 241 g/mol. The van der Waals surface area contributed by atoms with Crippen molar-refractivity contribution in [3.8, 4) is 0 Å². The summed E-state index contributed by atoms with van der Waals surface area (Å²) in [5.41, 5.74) is 1.49. The van der Waals surface area contributed by atoms with Crippen LogP contribution in [0.2, 0.25) is 0 Å². The molecule has 15 heavy (non-hydrogen) atoms. The van der Waals surface area contributed by atoms with E-state index in [0.717, 1.165) is 5.25 Å². The predicted molar refractivity (Wildman–Crippen MR) is 71.0 cm³/mol. The molecule has 2 rings (SSSR count). The van der Waals surface area contributed by atoms with Crippen LogP contribution in [0.1, 0.15) is 35.7 Å². The summed E-state index contributed by atoms with van der Waals surface area (Å²) < 4.78 is 0. The van der Waals surface area contributed by atoms with Crippen LogP contribution in [0, 0.1) is 6.92 Å². The minimum Gasteiger partial charge on any atom is -0.312 e. The Hall–Kier alpha value is 0.01000. The lowest BCUT2D eigenvalue weighted by molar-refractivity contribution is 0.517. The van der Waals surface area contributed by atoms with Gasteiger partial charge < -0.3 is 5.32 Å². The Morgan fingerprint density at radius 3 is 2.87 bits per heavy atom. The summed E-state index contributed by atoms with van der Waals surface area (Å²) in [6.45, 7) is 2.19.